The lowest BCUT2D eigenvalue weighted by Gasteiger charge is -2.09. The van der Waals surface area contributed by atoms with Crippen molar-refractivity contribution in [3.8, 4) is 0 Å². The van der Waals surface area contributed by atoms with Gasteiger partial charge in [-0.05, 0) is 12.8 Å². The fourth-order valence-corrected chi connectivity index (χ4v) is 5.57. The molecule has 0 heterocycles. The van der Waals surface area contributed by atoms with E-state index in [1.807, 2.05) is 0 Å². The Bertz CT molecular complexity index is 307. The van der Waals surface area contributed by atoms with Crippen LogP contribution in [-0.4, -0.2) is 5.38 Å². The highest BCUT2D eigenvalue weighted by Gasteiger charge is 2.04. The van der Waals surface area contributed by atoms with Gasteiger partial charge in [0.1, 0.15) is 0 Å². The van der Waals surface area contributed by atoms with E-state index in [4.69, 9.17) is 11.6 Å². The van der Waals surface area contributed by atoms with Crippen LogP contribution in [-0.2, 0) is 0 Å². The summed E-state index contributed by atoms with van der Waals surface area (Å²) in [6, 6.07) is 0. The Morgan fingerprint density at radius 1 is 0.294 bits per heavy atom. The molecule has 0 aromatic rings. The van der Waals surface area contributed by atoms with Gasteiger partial charge < -0.3 is 0 Å². The second-order valence-electron chi connectivity index (χ2n) is 11.4. The van der Waals surface area contributed by atoms with Crippen molar-refractivity contribution in [3.63, 3.8) is 0 Å². The molecule has 0 unspecified atom stereocenters. The van der Waals surface area contributed by atoms with Gasteiger partial charge in [-0.2, -0.15) is 0 Å². The maximum atomic E-state index is 6.58. The van der Waals surface area contributed by atoms with Gasteiger partial charge in [-0.3, -0.25) is 0 Å². The van der Waals surface area contributed by atoms with Gasteiger partial charge >= 0.3 is 0 Å². The first-order valence-electron chi connectivity index (χ1n) is 16.4. The monoisotopic (exact) mass is 498 g/mol. The Morgan fingerprint density at radius 3 is 0.676 bits per heavy atom. The predicted octanol–water partition coefficient (Wildman–Crippen LogP) is 13.3. The molecule has 0 aliphatic carbocycles. The van der Waals surface area contributed by atoms with E-state index in [-0.39, 0.29) is 0 Å². The molecule has 0 atom stereocenters. The van der Waals surface area contributed by atoms with Crippen LogP contribution in [0.1, 0.15) is 206 Å². The van der Waals surface area contributed by atoms with Crippen molar-refractivity contribution in [2.45, 2.75) is 212 Å². The van der Waals surface area contributed by atoms with E-state index in [0.717, 1.165) is 0 Å². The molecular weight excluding hydrogens is 432 g/mol. The Labute approximate surface area is 223 Å². The summed E-state index contributed by atoms with van der Waals surface area (Å²) in [4.78, 5) is 0. The summed E-state index contributed by atoms with van der Waals surface area (Å²) in [6.45, 7) is 4.60. The van der Waals surface area contributed by atoms with Gasteiger partial charge in [-0.1, -0.05) is 194 Å². The van der Waals surface area contributed by atoms with Gasteiger partial charge in [0, 0.05) is 5.38 Å². The summed E-state index contributed by atoms with van der Waals surface area (Å²) >= 11 is 6.58. The van der Waals surface area contributed by atoms with Crippen LogP contribution in [0.4, 0.5) is 0 Å². The summed E-state index contributed by atoms with van der Waals surface area (Å²) in [5.74, 6) is 0. The zero-order valence-corrected chi connectivity index (χ0v) is 24.9. The Hall–Kier alpha value is 0.290. The van der Waals surface area contributed by atoms with Crippen molar-refractivity contribution in [3.05, 3.63) is 0 Å². The average Bonchev–Trinajstić information content (AvgIpc) is 2.84. The van der Waals surface area contributed by atoms with Crippen molar-refractivity contribution >= 4 is 11.6 Å². The highest BCUT2D eigenvalue weighted by atomic mass is 35.5. The van der Waals surface area contributed by atoms with Gasteiger partial charge in [0.25, 0.3) is 0 Å². The van der Waals surface area contributed by atoms with Crippen LogP contribution >= 0.6 is 11.6 Å². The van der Waals surface area contributed by atoms with Gasteiger partial charge in [0.05, 0.1) is 0 Å². The third-order valence-corrected chi connectivity index (χ3v) is 8.18. The minimum atomic E-state index is 0.439. The number of alkyl halides is 1. The summed E-state index contributed by atoms with van der Waals surface area (Å²) in [5, 5.41) is 0.439. The molecule has 0 radical (unpaired) electrons. The summed E-state index contributed by atoms with van der Waals surface area (Å²) in [5.41, 5.74) is 0. The number of halogens is 1. The summed E-state index contributed by atoms with van der Waals surface area (Å²) in [7, 11) is 0. The fraction of sp³-hybridized carbons (Fsp3) is 1.00. The van der Waals surface area contributed by atoms with Crippen LogP contribution in [0, 0.1) is 0 Å². The van der Waals surface area contributed by atoms with E-state index in [1.165, 1.54) is 193 Å². The van der Waals surface area contributed by atoms with E-state index in [1.54, 1.807) is 0 Å². The van der Waals surface area contributed by atoms with Crippen LogP contribution < -0.4 is 0 Å². The molecule has 0 aromatic heterocycles. The first-order chi connectivity index (χ1) is 16.8. The van der Waals surface area contributed by atoms with Crippen LogP contribution in [0.15, 0.2) is 0 Å². The lowest BCUT2D eigenvalue weighted by Crippen LogP contribution is -1.98. The van der Waals surface area contributed by atoms with Crippen molar-refractivity contribution in [1.82, 2.24) is 0 Å². The smallest absolute Gasteiger partial charge is 0.0336 e. The van der Waals surface area contributed by atoms with Gasteiger partial charge in [-0.25, -0.2) is 0 Å². The van der Waals surface area contributed by atoms with Gasteiger partial charge in [0.15, 0.2) is 0 Å². The number of rotatable bonds is 30. The van der Waals surface area contributed by atoms with Crippen molar-refractivity contribution in [1.29, 1.82) is 0 Å². The average molecular weight is 499 g/mol. The Balaban J connectivity index is 3.13. The second kappa shape index (κ2) is 31.3. The predicted molar refractivity (Wildman–Crippen MR) is 159 cm³/mol. The van der Waals surface area contributed by atoms with E-state index in [2.05, 4.69) is 13.8 Å². The number of unbranched alkanes of at least 4 members (excludes halogenated alkanes) is 26. The topological polar surface area (TPSA) is 0 Å². The molecule has 0 rings (SSSR count). The quantitative estimate of drug-likeness (QED) is 0.0681. The first kappa shape index (κ1) is 34.3. The van der Waals surface area contributed by atoms with Gasteiger partial charge in [0.2, 0.25) is 0 Å². The lowest BCUT2D eigenvalue weighted by atomic mass is 10.0. The van der Waals surface area contributed by atoms with Crippen LogP contribution in [0.2, 0.25) is 0 Å². The Kier molecular flexibility index (Phi) is 31.6. The van der Waals surface area contributed by atoms with E-state index >= 15 is 0 Å². The molecule has 0 N–H and O–H groups in total. The molecule has 0 saturated heterocycles. The van der Waals surface area contributed by atoms with Crippen LogP contribution in [0.25, 0.3) is 0 Å². The fourth-order valence-electron chi connectivity index (χ4n) is 5.27. The van der Waals surface area contributed by atoms with Crippen molar-refractivity contribution in [2.24, 2.45) is 0 Å². The Morgan fingerprint density at radius 2 is 0.471 bits per heavy atom. The minimum absolute atomic E-state index is 0.439. The molecule has 0 fully saturated rings. The largest absolute Gasteiger partial charge is 0.123 e. The minimum Gasteiger partial charge on any atom is -0.123 e. The lowest BCUT2D eigenvalue weighted by molar-refractivity contribution is 0.515. The third-order valence-electron chi connectivity index (χ3n) is 7.74. The molecule has 0 bridgehead atoms. The summed E-state index contributed by atoms with van der Waals surface area (Å²) in [6.07, 6.45) is 42.8. The summed E-state index contributed by atoms with van der Waals surface area (Å²) < 4.78 is 0. The number of hydrogen-bond donors (Lipinski definition) is 0. The standard InChI is InChI=1S/C33H67Cl/c1-3-5-7-9-11-13-15-17-19-21-23-25-27-29-31-33(34)32-30-28-26-24-22-20-18-16-14-12-10-8-6-4-2/h33H,3-32H2,1-2H3. The van der Waals surface area contributed by atoms with E-state index < -0.39 is 0 Å². The molecule has 0 nitrogen and oxygen atoms in total. The van der Waals surface area contributed by atoms with Crippen LogP contribution in [0.5, 0.6) is 0 Å². The van der Waals surface area contributed by atoms with Gasteiger partial charge in [-0.15, -0.1) is 11.6 Å². The van der Waals surface area contributed by atoms with Crippen molar-refractivity contribution in [2.75, 3.05) is 0 Å². The molecule has 34 heavy (non-hydrogen) atoms. The molecule has 0 amide bonds. The van der Waals surface area contributed by atoms with Crippen LogP contribution in [0.3, 0.4) is 0 Å². The zero-order valence-electron chi connectivity index (χ0n) is 24.2. The maximum absolute atomic E-state index is 6.58. The molecule has 0 spiro atoms. The first-order valence-corrected chi connectivity index (χ1v) is 16.9. The zero-order chi connectivity index (χ0) is 24.8. The van der Waals surface area contributed by atoms with E-state index in [9.17, 15) is 0 Å². The highest BCUT2D eigenvalue weighted by molar-refractivity contribution is 6.20. The molecule has 0 aliphatic rings. The molecule has 0 aromatic carbocycles. The molecule has 0 saturated carbocycles. The highest BCUT2D eigenvalue weighted by Crippen LogP contribution is 2.19. The second-order valence-corrected chi connectivity index (χ2v) is 12.0. The SMILES string of the molecule is CCCCCCCCCCCCCCCCC(Cl)CCCCCCCCCCCCCCCC. The molecule has 1 heteroatoms. The maximum Gasteiger partial charge on any atom is 0.0336 e. The normalized spacial score (nSPS) is 11.6. The molecule has 0 aliphatic heterocycles. The third kappa shape index (κ3) is 30.3. The van der Waals surface area contributed by atoms with Crippen molar-refractivity contribution < 1.29 is 0 Å². The van der Waals surface area contributed by atoms with E-state index in [0.29, 0.717) is 5.38 Å². The molecule has 206 valence electrons. The molecular formula is C33H67Cl. The number of hydrogen-bond acceptors (Lipinski definition) is 0.